The summed E-state index contributed by atoms with van der Waals surface area (Å²) in [6.45, 7) is 9.48. The summed E-state index contributed by atoms with van der Waals surface area (Å²) in [6, 6.07) is 8.41. The highest BCUT2D eigenvalue weighted by Crippen LogP contribution is 2.43. The molecule has 0 aromatic heterocycles. The Bertz CT molecular complexity index is 423. The molecule has 0 saturated carbocycles. The number of benzene rings is 1. The third-order valence-electron chi connectivity index (χ3n) is 4.20. The van der Waals surface area contributed by atoms with Crippen LogP contribution in [0, 0.1) is 0 Å². The molecule has 1 aliphatic heterocycles. The fraction of sp³-hybridized carbons (Fsp3) is 0.647. The van der Waals surface area contributed by atoms with E-state index in [1.807, 2.05) is 24.1 Å². The van der Waals surface area contributed by atoms with Crippen LogP contribution >= 0.6 is 11.9 Å². The minimum atomic E-state index is 0.277. The van der Waals surface area contributed by atoms with Crippen molar-refractivity contribution in [2.45, 2.75) is 63.8 Å². The maximum absolute atomic E-state index is 5.21. The molecule has 1 fully saturated rings. The first-order valence-corrected chi connectivity index (χ1v) is 8.36. The lowest BCUT2D eigenvalue weighted by molar-refractivity contribution is 0.0676. The fourth-order valence-electron chi connectivity index (χ4n) is 3.19. The van der Waals surface area contributed by atoms with Crippen LogP contribution in [0.4, 0.5) is 0 Å². The van der Waals surface area contributed by atoms with Crippen molar-refractivity contribution in [3.05, 3.63) is 29.8 Å². The SMILES string of the molecule is COc1ccc(CSN2C(C)(C)CCCC2(C)C)cc1. The Kier molecular flexibility index (Phi) is 4.70. The van der Waals surface area contributed by atoms with Gasteiger partial charge in [-0.05, 0) is 64.7 Å². The Hall–Kier alpha value is -0.670. The molecule has 1 saturated heterocycles. The smallest absolute Gasteiger partial charge is 0.118 e. The van der Waals surface area contributed by atoms with E-state index < -0.39 is 0 Å². The van der Waals surface area contributed by atoms with Crippen molar-refractivity contribution in [3.8, 4) is 5.75 Å². The van der Waals surface area contributed by atoms with Crippen LogP contribution in [0.1, 0.15) is 52.5 Å². The summed E-state index contributed by atoms with van der Waals surface area (Å²) in [7, 11) is 1.71. The molecule has 0 bridgehead atoms. The molecule has 20 heavy (non-hydrogen) atoms. The minimum absolute atomic E-state index is 0.277. The lowest BCUT2D eigenvalue weighted by Gasteiger charge is -2.51. The molecule has 1 aliphatic rings. The van der Waals surface area contributed by atoms with E-state index in [1.165, 1.54) is 24.8 Å². The van der Waals surface area contributed by atoms with Gasteiger partial charge >= 0.3 is 0 Å². The Morgan fingerprint density at radius 3 is 2.10 bits per heavy atom. The monoisotopic (exact) mass is 293 g/mol. The predicted molar refractivity (Wildman–Crippen MR) is 88.1 cm³/mol. The number of methoxy groups -OCH3 is 1. The standard InChI is InChI=1S/C17H27NOS/c1-16(2)11-6-12-17(3,4)18(16)20-13-14-7-9-15(19-5)10-8-14/h7-10H,6,11-13H2,1-5H3. The molecule has 3 heteroatoms. The van der Waals surface area contributed by atoms with Gasteiger partial charge in [0.25, 0.3) is 0 Å². The van der Waals surface area contributed by atoms with E-state index in [9.17, 15) is 0 Å². The minimum Gasteiger partial charge on any atom is -0.497 e. The van der Waals surface area contributed by atoms with Gasteiger partial charge in [-0.25, -0.2) is 4.31 Å². The molecule has 0 N–H and O–H groups in total. The molecule has 2 rings (SSSR count). The lowest BCUT2D eigenvalue weighted by atomic mass is 9.83. The van der Waals surface area contributed by atoms with E-state index in [0.717, 1.165) is 11.5 Å². The number of ether oxygens (including phenoxy) is 1. The van der Waals surface area contributed by atoms with Crippen LogP contribution in [0.3, 0.4) is 0 Å². The molecule has 0 unspecified atom stereocenters. The molecule has 0 radical (unpaired) electrons. The van der Waals surface area contributed by atoms with E-state index in [4.69, 9.17) is 4.74 Å². The van der Waals surface area contributed by atoms with Crippen LogP contribution in [0.15, 0.2) is 24.3 Å². The van der Waals surface area contributed by atoms with Crippen molar-refractivity contribution in [3.63, 3.8) is 0 Å². The van der Waals surface area contributed by atoms with Crippen molar-refractivity contribution in [1.82, 2.24) is 4.31 Å². The number of piperidine rings is 1. The van der Waals surface area contributed by atoms with Crippen LogP contribution in [0.25, 0.3) is 0 Å². The molecule has 0 spiro atoms. The second-order valence-corrected chi connectivity index (χ2v) is 7.81. The molecule has 0 amide bonds. The van der Waals surface area contributed by atoms with Gasteiger partial charge in [0.2, 0.25) is 0 Å². The van der Waals surface area contributed by atoms with E-state index in [0.29, 0.717) is 0 Å². The number of hydrogen-bond acceptors (Lipinski definition) is 3. The highest BCUT2D eigenvalue weighted by Gasteiger charge is 2.41. The zero-order chi connectivity index (χ0) is 14.8. The Morgan fingerprint density at radius 1 is 1.05 bits per heavy atom. The summed E-state index contributed by atoms with van der Waals surface area (Å²) < 4.78 is 7.83. The van der Waals surface area contributed by atoms with Crippen molar-refractivity contribution in [1.29, 1.82) is 0 Å². The first-order chi connectivity index (χ1) is 9.35. The first-order valence-electron chi connectivity index (χ1n) is 7.41. The molecular weight excluding hydrogens is 266 g/mol. The van der Waals surface area contributed by atoms with E-state index in [-0.39, 0.29) is 11.1 Å². The molecule has 1 heterocycles. The van der Waals surface area contributed by atoms with E-state index >= 15 is 0 Å². The molecular formula is C17H27NOS. The zero-order valence-corrected chi connectivity index (χ0v) is 14.2. The van der Waals surface area contributed by atoms with E-state index in [1.54, 1.807) is 7.11 Å². The average molecular weight is 293 g/mol. The van der Waals surface area contributed by atoms with Gasteiger partial charge in [0.15, 0.2) is 0 Å². The summed E-state index contributed by atoms with van der Waals surface area (Å²) in [6.07, 6.45) is 3.90. The molecule has 2 nitrogen and oxygen atoms in total. The second-order valence-electron chi connectivity index (χ2n) is 6.89. The number of nitrogens with zero attached hydrogens (tertiary/aromatic N) is 1. The largest absolute Gasteiger partial charge is 0.497 e. The van der Waals surface area contributed by atoms with Gasteiger partial charge in [-0.1, -0.05) is 24.1 Å². The van der Waals surface area contributed by atoms with Crippen molar-refractivity contribution >= 4 is 11.9 Å². The van der Waals surface area contributed by atoms with E-state index in [2.05, 4.69) is 44.1 Å². The van der Waals surface area contributed by atoms with Crippen LogP contribution in [0.2, 0.25) is 0 Å². The fourth-order valence-corrected chi connectivity index (χ4v) is 4.54. The molecule has 0 aliphatic carbocycles. The zero-order valence-electron chi connectivity index (χ0n) is 13.4. The van der Waals surface area contributed by atoms with Crippen LogP contribution in [0.5, 0.6) is 5.75 Å². The van der Waals surface area contributed by atoms with Gasteiger partial charge in [-0.15, -0.1) is 0 Å². The van der Waals surface area contributed by atoms with Gasteiger partial charge in [0.1, 0.15) is 5.75 Å². The number of hydrogen-bond donors (Lipinski definition) is 0. The third kappa shape index (κ3) is 3.50. The summed E-state index contributed by atoms with van der Waals surface area (Å²) >= 11 is 1.97. The molecule has 112 valence electrons. The Labute approximate surface area is 128 Å². The van der Waals surface area contributed by atoms with Crippen molar-refractivity contribution < 1.29 is 4.74 Å². The molecule has 1 aromatic rings. The first kappa shape index (κ1) is 15.7. The quantitative estimate of drug-likeness (QED) is 0.734. The Balaban J connectivity index is 2.03. The van der Waals surface area contributed by atoms with Gasteiger partial charge in [-0.2, -0.15) is 0 Å². The topological polar surface area (TPSA) is 12.5 Å². The molecule has 0 atom stereocenters. The van der Waals surface area contributed by atoms with Crippen molar-refractivity contribution in [2.75, 3.05) is 7.11 Å². The average Bonchev–Trinajstić information content (AvgIpc) is 2.37. The van der Waals surface area contributed by atoms with Crippen LogP contribution < -0.4 is 4.74 Å². The van der Waals surface area contributed by atoms with Gasteiger partial charge in [-0.3, -0.25) is 0 Å². The van der Waals surface area contributed by atoms with Crippen molar-refractivity contribution in [2.24, 2.45) is 0 Å². The van der Waals surface area contributed by atoms with Crippen LogP contribution in [-0.2, 0) is 5.75 Å². The van der Waals surface area contributed by atoms with Gasteiger partial charge in [0.05, 0.1) is 7.11 Å². The van der Waals surface area contributed by atoms with Gasteiger partial charge < -0.3 is 4.74 Å². The normalized spacial score (nSPS) is 21.6. The lowest BCUT2D eigenvalue weighted by Crippen LogP contribution is -2.54. The summed E-state index contributed by atoms with van der Waals surface area (Å²) in [5.41, 5.74) is 1.91. The maximum atomic E-state index is 5.21. The maximum Gasteiger partial charge on any atom is 0.118 e. The van der Waals surface area contributed by atoms with Gasteiger partial charge in [0, 0.05) is 16.8 Å². The molecule has 1 aromatic carbocycles. The van der Waals surface area contributed by atoms with Crippen LogP contribution in [-0.4, -0.2) is 22.5 Å². The third-order valence-corrected chi connectivity index (χ3v) is 5.91. The summed E-state index contributed by atoms with van der Waals surface area (Å²) in [4.78, 5) is 0. The summed E-state index contributed by atoms with van der Waals surface area (Å²) in [5, 5.41) is 0. The summed E-state index contributed by atoms with van der Waals surface area (Å²) in [5.74, 6) is 1.95. The second kappa shape index (κ2) is 5.98. The number of rotatable bonds is 4. The predicted octanol–water partition coefficient (Wildman–Crippen LogP) is 4.89. The Morgan fingerprint density at radius 2 is 1.60 bits per heavy atom. The highest BCUT2D eigenvalue weighted by atomic mass is 32.2. The highest BCUT2D eigenvalue weighted by molar-refractivity contribution is 7.96.